The Morgan fingerprint density at radius 3 is 2.50 bits per heavy atom. The molecule has 1 heterocycles. The van der Waals surface area contributed by atoms with Crippen LogP contribution in [0.25, 0.3) is 0 Å². The molecule has 0 spiro atoms. The van der Waals surface area contributed by atoms with Gasteiger partial charge in [0.15, 0.2) is 0 Å². The average Bonchev–Trinajstić information content (AvgIpc) is 2.61. The van der Waals surface area contributed by atoms with Crippen molar-refractivity contribution in [3.8, 4) is 0 Å². The fourth-order valence-electron chi connectivity index (χ4n) is 2.84. The van der Waals surface area contributed by atoms with Gasteiger partial charge in [0.2, 0.25) is 0 Å². The predicted molar refractivity (Wildman–Crippen MR) is 99.1 cm³/mol. The van der Waals surface area contributed by atoms with Gasteiger partial charge in [0.25, 0.3) is 0 Å². The Morgan fingerprint density at radius 1 is 1.31 bits per heavy atom. The molecule has 1 saturated heterocycles. The lowest BCUT2D eigenvalue weighted by Crippen LogP contribution is -2.47. The third-order valence-corrected chi connectivity index (χ3v) is 4.62. The van der Waals surface area contributed by atoms with E-state index in [-0.39, 0.29) is 30.0 Å². The van der Waals surface area contributed by atoms with Gasteiger partial charge in [-0.05, 0) is 44.9 Å². The summed E-state index contributed by atoms with van der Waals surface area (Å²) in [5, 5.41) is 5.51. The van der Waals surface area contributed by atoms with E-state index in [2.05, 4.69) is 15.4 Å². The van der Waals surface area contributed by atoms with Crippen molar-refractivity contribution >= 4 is 23.5 Å². The molecule has 144 valence electrons. The van der Waals surface area contributed by atoms with E-state index in [0.29, 0.717) is 37.3 Å². The van der Waals surface area contributed by atoms with E-state index >= 15 is 0 Å². The molecule has 0 aromatic heterocycles. The summed E-state index contributed by atoms with van der Waals surface area (Å²) in [6.45, 7) is 5.01. The number of methoxy groups -OCH3 is 1. The Labute approximate surface area is 153 Å². The minimum absolute atomic E-state index is 0.0351. The fraction of sp³-hybridized carbons (Fsp3) is 0.556. The molecule has 7 nitrogen and oxygen atoms in total. The number of likely N-dealkylation sites (tertiary alicyclic amines) is 1. The Morgan fingerprint density at radius 2 is 1.96 bits per heavy atom. The van der Waals surface area contributed by atoms with Gasteiger partial charge in [0.05, 0.1) is 12.8 Å². The Hall–Kier alpha value is -2.51. The molecule has 26 heavy (non-hydrogen) atoms. The number of rotatable bonds is 4. The molecule has 0 saturated carbocycles. The maximum Gasteiger partial charge on any atom is 0.409 e. The number of nitrogens with one attached hydrogen (secondary N) is 2. The van der Waals surface area contributed by atoms with Crippen molar-refractivity contribution in [1.29, 1.82) is 0 Å². The second-order valence-corrected chi connectivity index (χ2v) is 6.70. The van der Waals surface area contributed by atoms with Crippen LogP contribution in [0, 0.1) is 5.82 Å². The molecule has 0 unspecified atom stereocenters. The fourth-order valence-corrected chi connectivity index (χ4v) is 2.84. The van der Waals surface area contributed by atoms with Crippen molar-refractivity contribution in [2.24, 2.45) is 0 Å². The van der Waals surface area contributed by atoms with E-state index in [4.69, 9.17) is 0 Å². The predicted octanol–water partition coefficient (Wildman–Crippen LogP) is 3.02. The summed E-state index contributed by atoms with van der Waals surface area (Å²) in [4.78, 5) is 27.0. The number of amides is 3. The number of carbonyl (C=O) groups excluding carboxylic acids is 2. The van der Waals surface area contributed by atoms with Crippen molar-refractivity contribution in [3.05, 3.63) is 24.0 Å². The van der Waals surface area contributed by atoms with Crippen molar-refractivity contribution in [3.63, 3.8) is 0 Å². The molecule has 0 atom stereocenters. The quantitative estimate of drug-likeness (QED) is 0.859. The van der Waals surface area contributed by atoms with E-state index < -0.39 is 0 Å². The number of urea groups is 1. The summed E-state index contributed by atoms with van der Waals surface area (Å²) < 4.78 is 18.9. The van der Waals surface area contributed by atoms with Gasteiger partial charge in [0, 0.05) is 37.9 Å². The number of piperidine rings is 1. The third kappa shape index (κ3) is 5.00. The van der Waals surface area contributed by atoms with Gasteiger partial charge in [-0.25, -0.2) is 14.0 Å². The number of nitrogens with zero attached hydrogens (tertiary/aromatic N) is 2. The van der Waals surface area contributed by atoms with Crippen LogP contribution < -0.4 is 15.5 Å². The van der Waals surface area contributed by atoms with Crippen LogP contribution in [-0.4, -0.2) is 56.4 Å². The second-order valence-electron chi connectivity index (χ2n) is 6.70. The lowest BCUT2D eigenvalue weighted by Gasteiger charge is -2.31. The molecule has 1 fully saturated rings. The van der Waals surface area contributed by atoms with Gasteiger partial charge in [-0.1, -0.05) is 0 Å². The van der Waals surface area contributed by atoms with E-state index in [1.54, 1.807) is 17.0 Å². The molecule has 3 amide bonds. The van der Waals surface area contributed by atoms with Gasteiger partial charge >= 0.3 is 12.1 Å². The smallest absolute Gasteiger partial charge is 0.409 e. The number of ether oxygens (including phenoxy) is 1. The van der Waals surface area contributed by atoms with E-state index in [9.17, 15) is 14.0 Å². The van der Waals surface area contributed by atoms with Crippen molar-refractivity contribution < 1.29 is 18.7 Å². The number of benzene rings is 1. The van der Waals surface area contributed by atoms with Gasteiger partial charge in [0.1, 0.15) is 5.82 Å². The van der Waals surface area contributed by atoms with Crippen LogP contribution in [-0.2, 0) is 4.74 Å². The molecule has 1 aromatic rings. The first-order valence-corrected chi connectivity index (χ1v) is 8.74. The summed E-state index contributed by atoms with van der Waals surface area (Å²) >= 11 is 0. The highest BCUT2D eigenvalue weighted by molar-refractivity contribution is 5.89. The van der Waals surface area contributed by atoms with Gasteiger partial charge in [-0.15, -0.1) is 0 Å². The van der Waals surface area contributed by atoms with Crippen LogP contribution in [0.2, 0.25) is 0 Å². The molecule has 2 rings (SSSR count). The third-order valence-electron chi connectivity index (χ3n) is 4.62. The molecule has 1 aromatic carbocycles. The summed E-state index contributed by atoms with van der Waals surface area (Å²) in [5.74, 6) is -0.384. The van der Waals surface area contributed by atoms with Gasteiger partial charge < -0.3 is 25.2 Å². The Kier molecular flexibility index (Phi) is 6.65. The molecule has 1 aliphatic heterocycles. The van der Waals surface area contributed by atoms with E-state index in [0.717, 1.165) is 0 Å². The highest BCUT2D eigenvalue weighted by Gasteiger charge is 2.24. The van der Waals surface area contributed by atoms with Crippen molar-refractivity contribution in [2.75, 3.05) is 37.5 Å². The number of carbonyl (C=O) groups is 2. The molecular formula is C18H27FN4O3. The maximum absolute atomic E-state index is 14.3. The van der Waals surface area contributed by atoms with Gasteiger partial charge in [-0.3, -0.25) is 0 Å². The average molecular weight is 366 g/mol. The van der Waals surface area contributed by atoms with Crippen LogP contribution in [0.3, 0.4) is 0 Å². The molecule has 0 aliphatic carbocycles. The topological polar surface area (TPSA) is 73.9 Å². The summed E-state index contributed by atoms with van der Waals surface area (Å²) in [6, 6.07) is 4.39. The molecule has 2 N–H and O–H groups in total. The van der Waals surface area contributed by atoms with Crippen LogP contribution in [0.15, 0.2) is 18.2 Å². The first kappa shape index (κ1) is 19.8. The molecular weight excluding hydrogens is 339 g/mol. The zero-order valence-corrected chi connectivity index (χ0v) is 15.7. The molecule has 8 heteroatoms. The Bertz CT molecular complexity index is 645. The second kappa shape index (κ2) is 8.73. The lowest BCUT2D eigenvalue weighted by atomic mass is 10.1. The lowest BCUT2D eigenvalue weighted by molar-refractivity contribution is 0.110. The first-order valence-electron chi connectivity index (χ1n) is 8.74. The van der Waals surface area contributed by atoms with Crippen molar-refractivity contribution in [1.82, 2.24) is 10.2 Å². The monoisotopic (exact) mass is 366 g/mol. The summed E-state index contributed by atoms with van der Waals surface area (Å²) in [7, 11) is 3.17. The largest absolute Gasteiger partial charge is 0.453 e. The highest BCUT2D eigenvalue weighted by atomic mass is 19.1. The zero-order valence-electron chi connectivity index (χ0n) is 15.7. The van der Waals surface area contributed by atoms with Crippen LogP contribution in [0.5, 0.6) is 0 Å². The molecule has 1 aliphatic rings. The molecule has 0 bridgehead atoms. The number of hydrogen-bond donors (Lipinski definition) is 2. The standard InChI is InChI=1S/C18H27FN4O3/c1-12(2)22(3)16-6-5-14(11-15(16)19)21-17(24)20-13-7-9-23(10-8-13)18(25)26-4/h5-6,11-13H,7-10H2,1-4H3,(H2,20,21,24). The van der Waals surface area contributed by atoms with Crippen LogP contribution >= 0.6 is 0 Å². The van der Waals surface area contributed by atoms with Crippen LogP contribution in [0.1, 0.15) is 26.7 Å². The van der Waals surface area contributed by atoms with E-state index in [1.807, 2.05) is 25.8 Å². The van der Waals surface area contributed by atoms with Crippen molar-refractivity contribution in [2.45, 2.75) is 38.8 Å². The summed E-state index contributed by atoms with van der Waals surface area (Å²) in [5.41, 5.74) is 0.883. The van der Waals surface area contributed by atoms with Gasteiger partial charge in [-0.2, -0.15) is 0 Å². The minimum Gasteiger partial charge on any atom is -0.453 e. The minimum atomic E-state index is -0.384. The highest BCUT2D eigenvalue weighted by Crippen LogP contribution is 2.23. The maximum atomic E-state index is 14.3. The SMILES string of the molecule is COC(=O)N1CCC(NC(=O)Nc2ccc(N(C)C(C)C)c(F)c2)CC1. The number of hydrogen-bond acceptors (Lipinski definition) is 4. The normalized spacial score (nSPS) is 14.9. The van der Waals surface area contributed by atoms with Crippen LogP contribution in [0.4, 0.5) is 25.4 Å². The Balaban J connectivity index is 1.87. The van der Waals surface area contributed by atoms with E-state index in [1.165, 1.54) is 13.2 Å². The summed E-state index contributed by atoms with van der Waals surface area (Å²) in [6.07, 6.45) is 0.944. The number of halogens is 1. The number of anilines is 2. The molecule has 0 radical (unpaired) electrons. The first-order chi connectivity index (χ1) is 12.3. The zero-order chi connectivity index (χ0) is 19.3.